The standard InChI is InChI=1S/C14H13NO5S/c1-20-13-5-3-2-4-12(13)15-21(18,19)11-8-6-10(7-9-11)14(16)17/h2-9,15H,1H3,(H,16,17). The van der Waals surface area contributed by atoms with E-state index in [4.69, 9.17) is 9.84 Å². The summed E-state index contributed by atoms with van der Waals surface area (Å²) < 4.78 is 31.9. The number of sulfonamides is 1. The number of ether oxygens (including phenoxy) is 1. The van der Waals surface area contributed by atoms with Crippen LogP contribution in [0.5, 0.6) is 5.75 Å². The molecule has 0 aliphatic heterocycles. The summed E-state index contributed by atoms with van der Waals surface area (Å²) >= 11 is 0. The van der Waals surface area contributed by atoms with Crippen LogP contribution in [0.4, 0.5) is 5.69 Å². The average Bonchev–Trinajstić information content (AvgIpc) is 2.47. The summed E-state index contributed by atoms with van der Waals surface area (Å²) in [6.45, 7) is 0. The van der Waals surface area contributed by atoms with E-state index in [1.165, 1.54) is 31.4 Å². The molecule has 0 amide bonds. The van der Waals surface area contributed by atoms with E-state index in [2.05, 4.69) is 4.72 Å². The summed E-state index contributed by atoms with van der Waals surface area (Å²) in [5.74, 6) is -0.722. The molecular weight excluding hydrogens is 294 g/mol. The van der Waals surface area contributed by atoms with Crippen LogP contribution in [0, 0.1) is 0 Å². The number of carboxylic acid groups (broad SMARTS) is 1. The summed E-state index contributed by atoms with van der Waals surface area (Å²) in [6, 6.07) is 11.5. The lowest BCUT2D eigenvalue weighted by molar-refractivity contribution is 0.0696. The van der Waals surface area contributed by atoms with Crippen molar-refractivity contribution < 1.29 is 23.1 Å². The number of nitrogens with one attached hydrogen (secondary N) is 1. The van der Waals surface area contributed by atoms with Gasteiger partial charge < -0.3 is 9.84 Å². The fraction of sp³-hybridized carbons (Fsp3) is 0.0714. The second-order valence-corrected chi connectivity index (χ2v) is 5.82. The van der Waals surface area contributed by atoms with E-state index in [0.717, 1.165) is 0 Å². The molecule has 0 bridgehead atoms. The maximum absolute atomic E-state index is 12.2. The monoisotopic (exact) mass is 307 g/mol. The number of aromatic carboxylic acids is 1. The number of carbonyl (C=O) groups is 1. The molecule has 0 heterocycles. The summed E-state index contributed by atoms with van der Waals surface area (Å²) in [5.41, 5.74) is 0.327. The smallest absolute Gasteiger partial charge is 0.335 e. The second-order valence-electron chi connectivity index (χ2n) is 4.14. The summed E-state index contributed by atoms with van der Waals surface area (Å²) in [7, 11) is -2.37. The Balaban J connectivity index is 2.32. The number of para-hydroxylation sites is 2. The third kappa shape index (κ3) is 3.32. The zero-order valence-electron chi connectivity index (χ0n) is 11.1. The Morgan fingerprint density at radius 2 is 1.71 bits per heavy atom. The van der Waals surface area contributed by atoms with Gasteiger partial charge in [-0.3, -0.25) is 4.72 Å². The number of methoxy groups -OCH3 is 1. The van der Waals surface area contributed by atoms with Gasteiger partial charge in [0.1, 0.15) is 5.75 Å². The van der Waals surface area contributed by atoms with Crippen molar-refractivity contribution in [3.8, 4) is 5.75 Å². The maximum atomic E-state index is 12.2. The highest BCUT2D eigenvalue weighted by atomic mass is 32.2. The van der Waals surface area contributed by atoms with Gasteiger partial charge in [-0.2, -0.15) is 0 Å². The van der Waals surface area contributed by atoms with Crippen LogP contribution in [0.2, 0.25) is 0 Å². The Bertz CT molecular complexity index is 753. The van der Waals surface area contributed by atoms with Crippen LogP contribution in [0.15, 0.2) is 53.4 Å². The minimum Gasteiger partial charge on any atom is -0.495 e. The first kappa shape index (κ1) is 14.9. The lowest BCUT2D eigenvalue weighted by Crippen LogP contribution is -2.13. The fourth-order valence-corrected chi connectivity index (χ4v) is 2.78. The molecular formula is C14H13NO5S. The van der Waals surface area contributed by atoms with Gasteiger partial charge in [-0.25, -0.2) is 13.2 Å². The molecule has 21 heavy (non-hydrogen) atoms. The van der Waals surface area contributed by atoms with Crippen LogP contribution in [0.3, 0.4) is 0 Å². The number of hydrogen-bond donors (Lipinski definition) is 2. The normalized spacial score (nSPS) is 10.9. The Morgan fingerprint density at radius 1 is 1.10 bits per heavy atom. The number of hydrogen-bond acceptors (Lipinski definition) is 4. The third-order valence-electron chi connectivity index (χ3n) is 2.76. The van der Waals surface area contributed by atoms with Gasteiger partial charge >= 0.3 is 5.97 Å². The summed E-state index contributed by atoms with van der Waals surface area (Å²) in [6.07, 6.45) is 0. The molecule has 2 aromatic rings. The number of carboxylic acids is 1. The zero-order valence-corrected chi connectivity index (χ0v) is 11.9. The Labute approximate surface area is 122 Å². The van der Waals surface area contributed by atoms with E-state index >= 15 is 0 Å². The predicted molar refractivity (Wildman–Crippen MR) is 77.2 cm³/mol. The minimum absolute atomic E-state index is 0.0197. The first-order valence-electron chi connectivity index (χ1n) is 5.93. The zero-order chi connectivity index (χ0) is 15.5. The van der Waals surface area contributed by atoms with Crippen LogP contribution >= 0.6 is 0 Å². The molecule has 0 radical (unpaired) electrons. The van der Waals surface area contributed by atoms with Gasteiger partial charge in [0, 0.05) is 0 Å². The molecule has 0 fully saturated rings. The molecule has 0 aliphatic carbocycles. The fourth-order valence-electron chi connectivity index (χ4n) is 1.71. The SMILES string of the molecule is COc1ccccc1NS(=O)(=O)c1ccc(C(=O)O)cc1. The van der Waals surface area contributed by atoms with Crippen LogP contribution in [0.25, 0.3) is 0 Å². The highest BCUT2D eigenvalue weighted by Crippen LogP contribution is 2.26. The quantitative estimate of drug-likeness (QED) is 0.883. The number of rotatable bonds is 5. The molecule has 0 atom stereocenters. The molecule has 6 nitrogen and oxygen atoms in total. The second kappa shape index (κ2) is 5.84. The molecule has 0 spiro atoms. The molecule has 0 saturated carbocycles. The van der Waals surface area contributed by atoms with Gasteiger partial charge in [0.2, 0.25) is 0 Å². The Morgan fingerprint density at radius 3 is 2.29 bits per heavy atom. The van der Waals surface area contributed by atoms with Gasteiger partial charge in [0.25, 0.3) is 10.0 Å². The van der Waals surface area contributed by atoms with Gasteiger partial charge in [-0.1, -0.05) is 12.1 Å². The largest absolute Gasteiger partial charge is 0.495 e. The molecule has 2 rings (SSSR count). The van der Waals surface area contributed by atoms with E-state index in [1.807, 2.05) is 0 Å². The molecule has 7 heteroatoms. The lowest BCUT2D eigenvalue weighted by Gasteiger charge is -2.11. The molecule has 2 aromatic carbocycles. The van der Waals surface area contributed by atoms with Crippen molar-refractivity contribution in [3.63, 3.8) is 0 Å². The predicted octanol–water partition coefficient (Wildman–Crippen LogP) is 2.19. The maximum Gasteiger partial charge on any atom is 0.335 e. The van der Waals surface area contributed by atoms with E-state index in [-0.39, 0.29) is 10.5 Å². The minimum atomic E-state index is -3.81. The van der Waals surface area contributed by atoms with Crippen LogP contribution in [0.1, 0.15) is 10.4 Å². The molecule has 0 unspecified atom stereocenters. The molecule has 110 valence electrons. The van der Waals surface area contributed by atoms with E-state index < -0.39 is 16.0 Å². The van der Waals surface area contributed by atoms with Crippen LogP contribution in [-0.4, -0.2) is 26.6 Å². The van der Waals surface area contributed by atoms with E-state index in [9.17, 15) is 13.2 Å². The molecule has 0 aliphatic rings. The van der Waals surface area contributed by atoms with Gasteiger partial charge in [0.15, 0.2) is 0 Å². The Hall–Kier alpha value is -2.54. The van der Waals surface area contributed by atoms with Crippen molar-refractivity contribution in [2.24, 2.45) is 0 Å². The van der Waals surface area contributed by atoms with Crippen molar-refractivity contribution >= 4 is 21.7 Å². The van der Waals surface area contributed by atoms with Gasteiger partial charge in [-0.15, -0.1) is 0 Å². The van der Waals surface area contributed by atoms with Crippen LogP contribution in [-0.2, 0) is 10.0 Å². The first-order valence-corrected chi connectivity index (χ1v) is 7.41. The van der Waals surface area contributed by atoms with Crippen molar-refractivity contribution in [1.82, 2.24) is 0 Å². The topological polar surface area (TPSA) is 92.7 Å². The van der Waals surface area contributed by atoms with E-state index in [0.29, 0.717) is 11.4 Å². The van der Waals surface area contributed by atoms with Crippen molar-refractivity contribution in [1.29, 1.82) is 0 Å². The van der Waals surface area contributed by atoms with Gasteiger partial charge in [0.05, 0.1) is 23.3 Å². The van der Waals surface area contributed by atoms with Crippen molar-refractivity contribution in [3.05, 3.63) is 54.1 Å². The first-order chi connectivity index (χ1) is 9.94. The van der Waals surface area contributed by atoms with E-state index in [1.54, 1.807) is 24.3 Å². The number of anilines is 1. The molecule has 2 N–H and O–H groups in total. The Kier molecular flexibility index (Phi) is 4.13. The average molecular weight is 307 g/mol. The third-order valence-corrected chi connectivity index (χ3v) is 4.14. The van der Waals surface area contributed by atoms with Crippen molar-refractivity contribution in [2.45, 2.75) is 4.90 Å². The summed E-state index contributed by atoms with van der Waals surface area (Å²) in [5, 5.41) is 8.80. The van der Waals surface area contributed by atoms with Crippen molar-refractivity contribution in [2.75, 3.05) is 11.8 Å². The molecule has 0 aromatic heterocycles. The highest BCUT2D eigenvalue weighted by molar-refractivity contribution is 7.92. The lowest BCUT2D eigenvalue weighted by atomic mass is 10.2. The number of benzene rings is 2. The summed E-state index contributed by atoms with van der Waals surface area (Å²) in [4.78, 5) is 10.7. The molecule has 0 saturated heterocycles. The van der Waals surface area contributed by atoms with Gasteiger partial charge in [-0.05, 0) is 36.4 Å². The highest BCUT2D eigenvalue weighted by Gasteiger charge is 2.16. The van der Waals surface area contributed by atoms with Crippen LogP contribution < -0.4 is 9.46 Å².